The SMILES string of the molecule is Cc1ccc(-c2ccc(=O)n(CC(=O)Nc3ccccc3C(N)=O)n2)cc1. The summed E-state index contributed by atoms with van der Waals surface area (Å²) in [7, 11) is 0. The maximum Gasteiger partial charge on any atom is 0.267 e. The highest BCUT2D eigenvalue weighted by Gasteiger charge is 2.12. The van der Waals surface area contributed by atoms with Crippen LogP contribution in [0.15, 0.2) is 65.5 Å². The number of nitrogens with one attached hydrogen (secondary N) is 1. The Kier molecular flexibility index (Phi) is 5.12. The number of carbonyl (C=O) groups excluding carboxylic acids is 2. The van der Waals surface area contributed by atoms with Crippen molar-refractivity contribution in [1.82, 2.24) is 9.78 Å². The second-order valence-corrected chi connectivity index (χ2v) is 6.04. The number of aromatic nitrogens is 2. The molecule has 3 rings (SSSR count). The highest BCUT2D eigenvalue weighted by molar-refractivity contribution is 6.02. The van der Waals surface area contributed by atoms with Crippen LogP contribution < -0.4 is 16.6 Å². The van der Waals surface area contributed by atoms with Crippen LogP contribution in [0.2, 0.25) is 0 Å². The topological polar surface area (TPSA) is 107 Å². The molecule has 2 aromatic carbocycles. The van der Waals surface area contributed by atoms with Gasteiger partial charge in [0, 0.05) is 11.6 Å². The third-order valence-corrected chi connectivity index (χ3v) is 3.97. The molecule has 3 N–H and O–H groups in total. The fourth-order valence-corrected chi connectivity index (χ4v) is 2.57. The molecule has 0 atom stereocenters. The summed E-state index contributed by atoms with van der Waals surface area (Å²) in [6, 6.07) is 17.1. The molecule has 7 heteroatoms. The lowest BCUT2D eigenvalue weighted by molar-refractivity contribution is -0.117. The first-order chi connectivity index (χ1) is 12.9. The largest absolute Gasteiger partial charge is 0.366 e. The average molecular weight is 362 g/mol. The van der Waals surface area contributed by atoms with Crippen LogP contribution in [0.1, 0.15) is 15.9 Å². The van der Waals surface area contributed by atoms with Crippen molar-refractivity contribution >= 4 is 17.5 Å². The first kappa shape index (κ1) is 18.1. The third-order valence-electron chi connectivity index (χ3n) is 3.97. The summed E-state index contributed by atoms with van der Waals surface area (Å²) >= 11 is 0. The highest BCUT2D eigenvalue weighted by Crippen LogP contribution is 2.16. The van der Waals surface area contributed by atoms with Gasteiger partial charge in [-0.25, -0.2) is 4.68 Å². The molecule has 7 nitrogen and oxygen atoms in total. The van der Waals surface area contributed by atoms with Crippen LogP contribution in [0.4, 0.5) is 5.69 Å². The van der Waals surface area contributed by atoms with Crippen molar-refractivity contribution in [1.29, 1.82) is 0 Å². The molecule has 2 amide bonds. The number of nitrogens with two attached hydrogens (primary N) is 1. The lowest BCUT2D eigenvalue weighted by Gasteiger charge is -2.10. The van der Waals surface area contributed by atoms with Crippen molar-refractivity contribution in [2.45, 2.75) is 13.5 Å². The lowest BCUT2D eigenvalue weighted by atomic mass is 10.1. The summed E-state index contributed by atoms with van der Waals surface area (Å²) in [5.74, 6) is -1.14. The Morgan fingerprint density at radius 1 is 1.04 bits per heavy atom. The first-order valence-electron chi connectivity index (χ1n) is 8.28. The number of aryl methyl sites for hydroxylation is 1. The molecule has 0 fully saturated rings. The Hall–Kier alpha value is -3.74. The van der Waals surface area contributed by atoms with Gasteiger partial charge in [0.15, 0.2) is 0 Å². The van der Waals surface area contributed by atoms with E-state index in [-0.39, 0.29) is 17.8 Å². The van der Waals surface area contributed by atoms with Crippen LogP contribution in [0.5, 0.6) is 0 Å². The van der Waals surface area contributed by atoms with Gasteiger partial charge < -0.3 is 11.1 Å². The van der Waals surface area contributed by atoms with E-state index < -0.39 is 17.4 Å². The number of para-hydroxylation sites is 1. The molecule has 0 aliphatic heterocycles. The monoisotopic (exact) mass is 362 g/mol. The third kappa shape index (κ3) is 4.27. The van der Waals surface area contributed by atoms with Gasteiger partial charge in [0.25, 0.3) is 11.5 Å². The second-order valence-electron chi connectivity index (χ2n) is 6.04. The standard InChI is InChI=1S/C20H18N4O3/c1-13-6-8-14(9-7-13)16-10-11-19(26)24(23-16)12-18(25)22-17-5-3-2-4-15(17)20(21)27/h2-11H,12H2,1H3,(H2,21,27)(H,22,25). The Morgan fingerprint density at radius 2 is 1.74 bits per heavy atom. The molecule has 136 valence electrons. The Bertz CT molecular complexity index is 1060. The van der Waals surface area contributed by atoms with Crippen LogP contribution in [0.3, 0.4) is 0 Å². The number of anilines is 1. The summed E-state index contributed by atoms with van der Waals surface area (Å²) in [6.07, 6.45) is 0. The smallest absolute Gasteiger partial charge is 0.267 e. The van der Waals surface area contributed by atoms with E-state index in [0.29, 0.717) is 5.69 Å². The minimum absolute atomic E-state index is 0.194. The molecule has 1 aromatic heterocycles. The zero-order chi connectivity index (χ0) is 19.4. The van der Waals surface area contributed by atoms with Crippen LogP contribution >= 0.6 is 0 Å². The quantitative estimate of drug-likeness (QED) is 0.723. The maximum absolute atomic E-state index is 12.3. The summed E-state index contributed by atoms with van der Waals surface area (Å²) in [4.78, 5) is 35.8. The van der Waals surface area contributed by atoms with Gasteiger partial charge in [0.2, 0.25) is 5.91 Å². The summed E-state index contributed by atoms with van der Waals surface area (Å²) < 4.78 is 1.08. The first-order valence-corrected chi connectivity index (χ1v) is 8.28. The summed E-state index contributed by atoms with van der Waals surface area (Å²) in [5.41, 5.74) is 7.92. The molecular weight excluding hydrogens is 344 g/mol. The van der Waals surface area contributed by atoms with E-state index in [1.54, 1.807) is 24.3 Å². The van der Waals surface area contributed by atoms with Gasteiger partial charge in [-0.3, -0.25) is 14.4 Å². The van der Waals surface area contributed by atoms with E-state index in [1.165, 1.54) is 12.1 Å². The number of hydrogen-bond donors (Lipinski definition) is 2. The average Bonchev–Trinajstić information content (AvgIpc) is 2.64. The molecule has 0 aliphatic rings. The van der Waals surface area contributed by atoms with Crippen LogP contribution in [-0.4, -0.2) is 21.6 Å². The van der Waals surface area contributed by atoms with Crippen molar-refractivity contribution in [3.8, 4) is 11.3 Å². The van der Waals surface area contributed by atoms with Gasteiger partial charge in [0.1, 0.15) is 6.54 Å². The number of primary amides is 1. The van der Waals surface area contributed by atoms with E-state index in [9.17, 15) is 14.4 Å². The minimum Gasteiger partial charge on any atom is -0.366 e. The molecule has 0 bridgehead atoms. The number of benzene rings is 2. The van der Waals surface area contributed by atoms with Gasteiger partial charge in [-0.2, -0.15) is 5.10 Å². The zero-order valence-corrected chi connectivity index (χ0v) is 14.7. The number of hydrogen-bond acceptors (Lipinski definition) is 4. The predicted molar refractivity (Wildman–Crippen MR) is 102 cm³/mol. The number of nitrogens with zero attached hydrogens (tertiary/aromatic N) is 2. The maximum atomic E-state index is 12.3. The molecule has 27 heavy (non-hydrogen) atoms. The lowest BCUT2D eigenvalue weighted by Crippen LogP contribution is -2.30. The van der Waals surface area contributed by atoms with Crippen molar-refractivity contribution < 1.29 is 9.59 Å². The Labute approximate surface area is 155 Å². The Morgan fingerprint density at radius 3 is 2.44 bits per heavy atom. The predicted octanol–water partition coefficient (Wildman–Crippen LogP) is 1.96. The van der Waals surface area contributed by atoms with Crippen LogP contribution in [0, 0.1) is 6.92 Å². The molecule has 3 aromatic rings. The van der Waals surface area contributed by atoms with Gasteiger partial charge in [0.05, 0.1) is 16.9 Å². The van der Waals surface area contributed by atoms with E-state index in [2.05, 4.69) is 10.4 Å². The molecule has 0 saturated carbocycles. The second kappa shape index (κ2) is 7.65. The van der Waals surface area contributed by atoms with Gasteiger partial charge in [-0.1, -0.05) is 42.0 Å². The zero-order valence-electron chi connectivity index (χ0n) is 14.7. The van der Waals surface area contributed by atoms with E-state index >= 15 is 0 Å². The molecule has 0 aliphatic carbocycles. The van der Waals surface area contributed by atoms with Crippen LogP contribution in [0.25, 0.3) is 11.3 Å². The van der Waals surface area contributed by atoms with Crippen LogP contribution in [-0.2, 0) is 11.3 Å². The van der Waals surface area contributed by atoms with E-state index in [1.807, 2.05) is 31.2 Å². The fourth-order valence-electron chi connectivity index (χ4n) is 2.57. The van der Waals surface area contributed by atoms with Crippen molar-refractivity contribution in [3.63, 3.8) is 0 Å². The van der Waals surface area contributed by atoms with Gasteiger partial charge in [-0.05, 0) is 25.1 Å². The summed E-state index contributed by atoms with van der Waals surface area (Å²) in [6.45, 7) is 1.69. The normalized spacial score (nSPS) is 10.4. The van der Waals surface area contributed by atoms with Crippen molar-refractivity contribution in [3.05, 3.63) is 82.1 Å². The van der Waals surface area contributed by atoms with Gasteiger partial charge in [-0.15, -0.1) is 0 Å². The molecule has 0 saturated heterocycles. The number of carbonyl (C=O) groups is 2. The Balaban J connectivity index is 1.82. The van der Waals surface area contributed by atoms with E-state index in [4.69, 9.17) is 5.73 Å². The molecular formula is C20H18N4O3. The van der Waals surface area contributed by atoms with Crippen molar-refractivity contribution in [2.75, 3.05) is 5.32 Å². The number of rotatable bonds is 5. The molecule has 0 spiro atoms. The number of amides is 2. The molecule has 0 unspecified atom stereocenters. The van der Waals surface area contributed by atoms with Gasteiger partial charge >= 0.3 is 0 Å². The van der Waals surface area contributed by atoms with Crippen molar-refractivity contribution in [2.24, 2.45) is 5.73 Å². The summed E-state index contributed by atoms with van der Waals surface area (Å²) in [5, 5.41) is 6.86. The molecule has 0 radical (unpaired) electrons. The molecule has 1 heterocycles. The fraction of sp³-hybridized carbons (Fsp3) is 0.100. The highest BCUT2D eigenvalue weighted by atomic mass is 16.2. The minimum atomic E-state index is -0.650. The van der Waals surface area contributed by atoms with E-state index in [0.717, 1.165) is 15.8 Å².